The van der Waals surface area contributed by atoms with Crippen LogP contribution in [-0.2, 0) is 12.8 Å². The highest BCUT2D eigenvalue weighted by Gasteiger charge is 2.30. The van der Waals surface area contributed by atoms with Gasteiger partial charge in [0.25, 0.3) is 5.91 Å². The van der Waals surface area contributed by atoms with Gasteiger partial charge < -0.3 is 10.6 Å². The first-order chi connectivity index (χ1) is 8.66. The van der Waals surface area contributed by atoms with E-state index in [-0.39, 0.29) is 11.4 Å². The van der Waals surface area contributed by atoms with E-state index < -0.39 is 0 Å². The van der Waals surface area contributed by atoms with Gasteiger partial charge in [0.05, 0.1) is 5.54 Å². The van der Waals surface area contributed by atoms with Crippen LogP contribution in [0.25, 0.3) is 0 Å². The largest absolute Gasteiger partial charge is 0.346 e. The van der Waals surface area contributed by atoms with Crippen molar-refractivity contribution in [1.82, 2.24) is 10.6 Å². The number of carbonyl (C=O) groups excluding carboxylic acids is 1. The number of fused-ring (bicyclic) bond motifs is 1. The first kappa shape index (κ1) is 11.7. The second kappa shape index (κ2) is 4.39. The Morgan fingerprint density at radius 3 is 2.94 bits per heavy atom. The van der Waals surface area contributed by atoms with Crippen molar-refractivity contribution in [3.05, 3.63) is 34.9 Å². The van der Waals surface area contributed by atoms with E-state index in [2.05, 4.69) is 29.7 Å². The standard InChI is InChI=1S/C15H20N2O/c1-15(7-8-16-10-15)17-14(18)13-6-5-11-3-2-4-12(11)9-13/h5-6,9,16H,2-4,7-8,10H2,1H3,(H,17,18). The molecule has 2 aliphatic rings. The lowest BCUT2D eigenvalue weighted by Gasteiger charge is -2.24. The van der Waals surface area contributed by atoms with Crippen LogP contribution in [0, 0.1) is 0 Å². The Balaban J connectivity index is 1.76. The third-order valence-electron chi connectivity index (χ3n) is 4.14. The second-order valence-corrected chi connectivity index (χ2v) is 5.78. The average Bonchev–Trinajstić information content (AvgIpc) is 2.96. The number of hydrogen-bond acceptors (Lipinski definition) is 2. The summed E-state index contributed by atoms with van der Waals surface area (Å²) in [7, 11) is 0. The lowest BCUT2D eigenvalue weighted by Crippen LogP contribution is -2.47. The first-order valence-electron chi connectivity index (χ1n) is 6.81. The molecule has 96 valence electrons. The maximum Gasteiger partial charge on any atom is 0.251 e. The molecule has 1 aliphatic carbocycles. The number of hydrogen-bond donors (Lipinski definition) is 2. The monoisotopic (exact) mass is 244 g/mol. The molecular formula is C15H20N2O. The highest BCUT2D eigenvalue weighted by atomic mass is 16.1. The van der Waals surface area contributed by atoms with E-state index in [4.69, 9.17) is 0 Å². The smallest absolute Gasteiger partial charge is 0.251 e. The van der Waals surface area contributed by atoms with E-state index in [0.717, 1.165) is 31.5 Å². The first-order valence-corrected chi connectivity index (χ1v) is 6.81. The molecule has 0 radical (unpaired) electrons. The summed E-state index contributed by atoms with van der Waals surface area (Å²) in [6.07, 6.45) is 4.51. The fourth-order valence-electron chi connectivity index (χ4n) is 2.98. The van der Waals surface area contributed by atoms with Crippen molar-refractivity contribution in [2.45, 2.75) is 38.1 Å². The zero-order valence-corrected chi connectivity index (χ0v) is 10.9. The fourth-order valence-corrected chi connectivity index (χ4v) is 2.98. The summed E-state index contributed by atoms with van der Waals surface area (Å²) < 4.78 is 0. The molecule has 1 saturated heterocycles. The number of rotatable bonds is 2. The SMILES string of the molecule is CC1(NC(=O)c2ccc3c(c2)CCC3)CCNC1. The molecule has 1 unspecified atom stereocenters. The number of benzene rings is 1. The lowest BCUT2D eigenvalue weighted by molar-refractivity contribution is 0.0913. The van der Waals surface area contributed by atoms with Crippen LogP contribution in [0.5, 0.6) is 0 Å². The summed E-state index contributed by atoms with van der Waals surface area (Å²) in [6.45, 7) is 3.96. The van der Waals surface area contributed by atoms with Gasteiger partial charge in [-0.2, -0.15) is 0 Å². The molecule has 0 spiro atoms. The van der Waals surface area contributed by atoms with E-state index >= 15 is 0 Å². The van der Waals surface area contributed by atoms with E-state index in [1.54, 1.807) is 0 Å². The second-order valence-electron chi connectivity index (χ2n) is 5.78. The minimum absolute atomic E-state index is 0.0656. The van der Waals surface area contributed by atoms with Crippen LogP contribution in [-0.4, -0.2) is 24.5 Å². The fraction of sp³-hybridized carbons (Fsp3) is 0.533. The topological polar surface area (TPSA) is 41.1 Å². The minimum Gasteiger partial charge on any atom is -0.346 e. The highest BCUT2D eigenvalue weighted by molar-refractivity contribution is 5.95. The van der Waals surface area contributed by atoms with Crippen LogP contribution in [0.3, 0.4) is 0 Å². The Morgan fingerprint density at radius 1 is 1.33 bits per heavy atom. The summed E-state index contributed by atoms with van der Waals surface area (Å²) in [5.74, 6) is 0.0656. The van der Waals surface area contributed by atoms with Crippen molar-refractivity contribution < 1.29 is 4.79 Å². The number of carbonyl (C=O) groups is 1. The van der Waals surface area contributed by atoms with Gasteiger partial charge in [0, 0.05) is 12.1 Å². The van der Waals surface area contributed by atoms with Gasteiger partial charge in [-0.05, 0) is 62.4 Å². The van der Waals surface area contributed by atoms with Crippen molar-refractivity contribution in [3.63, 3.8) is 0 Å². The normalized spacial score (nSPS) is 26.1. The molecule has 1 heterocycles. The maximum absolute atomic E-state index is 12.3. The van der Waals surface area contributed by atoms with Gasteiger partial charge in [-0.15, -0.1) is 0 Å². The molecule has 0 aromatic heterocycles. The van der Waals surface area contributed by atoms with Gasteiger partial charge in [-0.3, -0.25) is 4.79 Å². The third kappa shape index (κ3) is 2.15. The van der Waals surface area contributed by atoms with Gasteiger partial charge >= 0.3 is 0 Å². The van der Waals surface area contributed by atoms with E-state index in [0.29, 0.717) is 0 Å². The van der Waals surface area contributed by atoms with Crippen LogP contribution < -0.4 is 10.6 Å². The van der Waals surface area contributed by atoms with Gasteiger partial charge in [-0.1, -0.05) is 6.07 Å². The summed E-state index contributed by atoms with van der Waals surface area (Å²) in [5.41, 5.74) is 3.50. The Bertz CT molecular complexity index is 475. The van der Waals surface area contributed by atoms with Crippen molar-refractivity contribution in [3.8, 4) is 0 Å². The van der Waals surface area contributed by atoms with Crippen LogP contribution in [0.4, 0.5) is 0 Å². The molecule has 0 saturated carbocycles. The summed E-state index contributed by atoms with van der Waals surface area (Å²) >= 11 is 0. The molecule has 3 nitrogen and oxygen atoms in total. The molecule has 0 bridgehead atoms. The van der Waals surface area contributed by atoms with Crippen LogP contribution in [0.15, 0.2) is 18.2 Å². The zero-order valence-electron chi connectivity index (χ0n) is 10.9. The predicted octanol–water partition coefficient (Wildman–Crippen LogP) is 1.66. The van der Waals surface area contributed by atoms with E-state index in [1.165, 1.54) is 24.0 Å². The maximum atomic E-state index is 12.3. The Labute approximate surface area is 108 Å². The summed E-state index contributed by atoms with van der Waals surface area (Å²) in [4.78, 5) is 12.3. The predicted molar refractivity (Wildman–Crippen MR) is 71.8 cm³/mol. The Hall–Kier alpha value is -1.35. The number of nitrogens with one attached hydrogen (secondary N) is 2. The average molecular weight is 244 g/mol. The van der Waals surface area contributed by atoms with Crippen molar-refractivity contribution in [2.75, 3.05) is 13.1 Å². The van der Waals surface area contributed by atoms with E-state index in [9.17, 15) is 4.79 Å². The molecule has 1 aliphatic heterocycles. The molecule has 1 amide bonds. The minimum atomic E-state index is -0.0872. The number of amides is 1. The summed E-state index contributed by atoms with van der Waals surface area (Å²) in [6, 6.07) is 6.15. The van der Waals surface area contributed by atoms with Crippen molar-refractivity contribution in [1.29, 1.82) is 0 Å². The summed E-state index contributed by atoms with van der Waals surface area (Å²) in [5, 5.41) is 6.46. The molecular weight excluding hydrogens is 224 g/mol. The molecule has 2 N–H and O–H groups in total. The molecule has 1 fully saturated rings. The Morgan fingerprint density at radius 2 is 2.17 bits per heavy atom. The molecule has 1 atom stereocenters. The van der Waals surface area contributed by atoms with Crippen molar-refractivity contribution >= 4 is 5.91 Å². The third-order valence-corrected chi connectivity index (χ3v) is 4.14. The Kier molecular flexibility index (Phi) is 2.86. The van der Waals surface area contributed by atoms with Gasteiger partial charge in [0.15, 0.2) is 0 Å². The highest BCUT2D eigenvalue weighted by Crippen LogP contribution is 2.23. The molecule has 3 rings (SSSR count). The van der Waals surface area contributed by atoms with E-state index in [1.807, 2.05) is 6.07 Å². The van der Waals surface area contributed by atoms with Gasteiger partial charge in [0.2, 0.25) is 0 Å². The lowest BCUT2D eigenvalue weighted by atomic mass is 10.00. The van der Waals surface area contributed by atoms with Crippen LogP contribution in [0.1, 0.15) is 41.3 Å². The molecule has 1 aromatic carbocycles. The zero-order chi connectivity index (χ0) is 12.6. The van der Waals surface area contributed by atoms with Gasteiger partial charge in [-0.25, -0.2) is 0 Å². The molecule has 3 heteroatoms. The van der Waals surface area contributed by atoms with Crippen molar-refractivity contribution in [2.24, 2.45) is 0 Å². The van der Waals surface area contributed by atoms with Crippen LogP contribution in [0.2, 0.25) is 0 Å². The number of aryl methyl sites for hydroxylation is 2. The quantitative estimate of drug-likeness (QED) is 0.830. The van der Waals surface area contributed by atoms with Gasteiger partial charge in [0.1, 0.15) is 0 Å². The van der Waals surface area contributed by atoms with Crippen LogP contribution >= 0.6 is 0 Å². The molecule has 18 heavy (non-hydrogen) atoms. The molecule has 1 aromatic rings.